The Labute approximate surface area is 112 Å². The number of pyridine rings is 1. The number of halogens is 3. The van der Waals surface area contributed by atoms with Gasteiger partial charge in [0.15, 0.2) is 5.82 Å². The van der Waals surface area contributed by atoms with Gasteiger partial charge in [0, 0.05) is 6.20 Å². The molecule has 0 amide bonds. The summed E-state index contributed by atoms with van der Waals surface area (Å²) in [4.78, 5) is 4.18. The van der Waals surface area contributed by atoms with Crippen LogP contribution in [0.1, 0.15) is 5.56 Å². The average molecular weight is 316 g/mol. The molecule has 2 rings (SSSR count). The second-order valence-corrected chi connectivity index (χ2v) is 4.83. The van der Waals surface area contributed by atoms with Crippen molar-refractivity contribution in [3.63, 3.8) is 0 Å². The van der Waals surface area contributed by atoms with Crippen molar-refractivity contribution >= 4 is 39.0 Å². The first-order chi connectivity index (χ1) is 8.08. The zero-order chi connectivity index (χ0) is 12.4. The van der Waals surface area contributed by atoms with Gasteiger partial charge in [-0.3, -0.25) is 0 Å². The molecule has 0 atom stereocenters. The van der Waals surface area contributed by atoms with Crippen molar-refractivity contribution < 1.29 is 4.39 Å². The third kappa shape index (κ3) is 2.76. The molecule has 1 aromatic heterocycles. The Kier molecular flexibility index (Phi) is 3.64. The van der Waals surface area contributed by atoms with E-state index in [1.54, 1.807) is 18.3 Å². The average Bonchev–Trinajstić information content (AvgIpc) is 2.28. The fourth-order valence-electron chi connectivity index (χ4n) is 1.35. The summed E-state index contributed by atoms with van der Waals surface area (Å²) >= 11 is 9.07. The van der Waals surface area contributed by atoms with Gasteiger partial charge in [-0.05, 0) is 46.6 Å². The van der Waals surface area contributed by atoms with E-state index in [1.807, 2.05) is 13.0 Å². The van der Waals surface area contributed by atoms with E-state index in [2.05, 4.69) is 26.2 Å². The number of anilines is 2. The maximum absolute atomic E-state index is 13.7. The molecule has 0 saturated carbocycles. The number of nitrogens with one attached hydrogen (secondary N) is 1. The Balaban J connectivity index is 2.35. The lowest BCUT2D eigenvalue weighted by Gasteiger charge is -2.09. The molecule has 2 aromatic rings. The molecule has 2 nitrogen and oxygen atoms in total. The number of hydrogen-bond acceptors (Lipinski definition) is 2. The van der Waals surface area contributed by atoms with Gasteiger partial charge < -0.3 is 5.32 Å². The Morgan fingerprint density at radius 3 is 2.88 bits per heavy atom. The molecule has 0 radical (unpaired) electrons. The minimum atomic E-state index is -0.483. The van der Waals surface area contributed by atoms with E-state index < -0.39 is 5.82 Å². The number of nitrogens with zero attached hydrogens (tertiary/aromatic N) is 1. The van der Waals surface area contributed by atoms with Crippen LogP contribution in [0.2, 0.25) is 5.02 Å². The second kappa shape index (κ2) is 5.02. The molecular weight excluding hydrogens is 307 g/mol. The summed E-state index contributed by atoms with van der Waals surface area (Å²) in [6, 6.07) is 6.68. The lowest BCUT2D eigenvalue weighted by atomic mass is 10.3. The van der Waals surface area contributed by atoms with Crippen molar-refractivity contribution in [2.45, 2.75) is 6.92 Å². The van der Waals surface area contributed by atoms with Crippen LogP contribution in [0.5, 0.6) is 0 Å². The first-order valence-electron chi connectivity index (χ1n) is 4.91. The van der Waals surface area contributed by atoms with E-state index in [0.717, 1.165) is 10.0 Å². The predicted octanol–water partition coefficient (Wildman–Crippen LogP) is 4.69. The molecule has 0 fully saturated rings. The van der Waals surface area contributed by atoms with Gasteiger partial charge in [-0.2, -0.15) is 0 Å². The van der Waals surface area contributed by atoms with Crippen molar-refractivity contribution in [2.75, 3.05) is 5.32 Å². The molecule has 0 saturated heterocycles. The first kappa shape index (κ1) is 12.3. The maximum atomic E-state index is 13.7. The van der Waals surface area contributed by atoms with Crippen LogP contribution in [0.25, 0.3) is 0 Å². The second-order valence-electron chi connectivity index (χ2n) is 3.57. The molecule has 1 N–H and O–H groups in total. The topological polar surface area (TPSA) is 24.9 Å². The molecule has 0 aliphatic rings. The lowest BCUT2D eigenvalue weighted by molar-refractivity contribution is 0.632. The van der Waals surface area contributed by atoms with Crippen LogP contribution in [0, 0.1) is 12.7 Å². The van der Waals surface area contributed by atoms with E-state index in [9.17, 15) is 4.39 Å². The standard InChI is InChI=1S/C12H9BrClFN2/c1-7-5-8(13)12(16-6-7)17-10-4-2-3-9(14)11(10)15/h2-6H,1H3,(H,16,17). The van der Waals surface area contributed by atoms with Gasteiger partial charge in [0.05, 0.1) is 15.2 Å². The quantitative estimate of drug-likeness (QED) is 0.869. The SMILES string of the molecule is Cc1cnc(Nc2cccc(Cl)c2F)c(Br)c1. The number of rotatable bonds is 2. The van der Waals surface area contributed by atoms with E-state index in [4.69, 9.17) is 11.6 Å². The summed E-state index contributed by atoms with van der Waals surface area (Å²) < 4.78 is 14.4. The van der Waals surface area contributed by atoms with Crippen LogP contribution >= 0.6 is 27.5 Å². The minimum absolute atomic E-state index is 0.0817. The van der Waals surface area contributed by atoms with Crippen LogP contribution in [0.15, 0.2) is 34.9 Å². The van der Waals surface area contributed by atoms with E-state index in [-0.39, 0.29) is 5.02 Å². The molecule has 1 heterocycles. The number of benzene rings is 1. The Morgan fingerprint density at radius 2 is 2.18 bits per heavy atom. The summed E-state index contributed by atoms with van der Waals surface area (Å²) in [5.74, 6) is 0.0696. The van der Waals surface area contributed by atoms with E-state index in [1.165, 1.54) is 6.07 Å². The number of aromatic nitrogens is 1. The van der Waals surface area contributed by atoms with Crippen LogP contribution in [-0.4, -0.2) is 4.98 Å². The van der Waals surface area contributed by atoms with Crippen LogP contribution in [0.3, 0.4) is 0 Å². The number of aryl methyl sites for hydroxylation is 1. The van der Waals surface area contributed by atoms with Gasteiger partial charge in [-0.15, -0.1) is 0 Å². The molecule has 1 aromatic carbocycles. The molecule has 0 bridgehead atoms. The van der Waals surface area contributed by atoms with Crippen LogP contribution in [-0.2, 0) is 0 Å². The van der Waals surface area contributed by atoms with Crippen molar-refractivity contribution in [2.24, 2.45) is 0 Å². The van der Waals surface area contributed by atoms with Gasteiger partial charge in [-0.1, -0.05) is 17.7 Å². The molecule has 5 heteroatoms. The van der Waals surface area contributed by atoms with Crippen molar-refractivity contribution in [3.05, 3.63) is 51.3 Å². The van der Waals surface area contributed by atoms with Crippen LogP contribution in [0.4, 0.5) is 15.9 Å². The highest BCUT2D eigenvalue weighted by atomic mass is 79.9. The summed E-state index contributed by atoms with van der Waals surface area (Å²) in [5, 5.41) is 2.97. The fourth-order valence-corrected chi connectivity index (χ4v) is 2.09. The van der Waals surface area contributed by atoms with Gasteiger partial charge in [-0.25, -0.2) is 9.37 Å². The molecular formula is C12H9BrClFN2. The van der Waals surface area contributed by atoms with Crippen molar-refractivity contribution in [3.8, 4) is 0 Å². The Morgan fingerprint density at radius 1 is 1.41 bits per heavy atom. The zero-order valence-corrected chi connectivity index (χ0v) is 11.3. The summed E-state index contributed by atoms with van der Waals surface area (Å²) in [6.45, 7) is 1.93. The van der Waals surface area contributed by atoms with Crippen molar-refractivity contribution in [1.82, 2.24) is 4.98 Å². The van der Waals surface area contributed by atoms with Gasteiger partial charge >= 0.3 is 0 Å². The van der Waals surface area contributed by atoms with Crippen molar-refractivity contribution in [1.29, 1.82) is 0 Å². The highest BCUT2D eigenvalue weighted by Gasteiger charge is 2.08. The summed E-state index contributed by atoms with van der Waals surface area (Å²) in [6.07, 6.45) is 1.70. The molecule has 0 unspecified atom stereocenters. The third-order valence-corrected chi connectivity index (χ3v) is 3.08. The minimum Gasteiger partial charge on any atom is -0.337 e. The number of hydrogen-bond donors (Lipinski definition) is 1. The predicted molar refractivity (Wildman–Crippen MR) is 71.4 cm³/mol. The lowest BCUT2D eigenvalue weighted by Crippen LogP contribution is -1.97. The monoisotopic (exact) mass is 314 g/mol. The van der Waals surface area contributed by atoms with Crippen LogP contribution < -0.4 is 5.32 Å². The molecule has 0 spiro atoms. The molecule has 0 aliphatic heterocycles. The highest BCUT2D eigenvalue weighted by molar-refractivity contribution is 9.10. The van der Waals surface area contributed by atoms with Gasteiger partial charge in [0.25, 0.3) is 0 Å². The normalized spacial score (nSPS) is 10.4. The zero-order valence-electron chi connectivity index (χ0n) is 8.97. The van der Waals surface area contributed by atoms with E-state index >= 15 is 0 Å². The third-order valence-electron chi connectivity index (χ3n) is 2.18. The Bertz CT molecular complexity index is 560. The van der Waals surface area contributed by atoms with E-state index in [0.29, 0.717) is 11.5 Å². The van der Waals surface area contributed by atoms with Gasteiger partial charge in [0.1, 0.15) is 5.82 Å². The largest absolute Gasteiger partial charge is 0.337 e. The molecule has 88 valence electrons. The maximum Gasteiger partial charge on any atom is 0.165 e. The smallest absolute Gasteiger partial charge is 0.165 e. The fraction of sp³-hybridized carbons (Fsp3) is 0.0833. The molecule has 0 aliphatic carbocycles. The Hall–Kier alpha value is -1.13. The van der Waals surface area contributed by atoms with Gasteiger partial charge in [0.2, 0.25) is 0 Å². The first-order valence-corrected chi connectivity index (χ1v) is 6.08. The summed E-state index contributed by atoms with van der Waals surface area (Å²) in [7, 11) is 0. The summed E-state index contributed by atoms with van der Waals surface area (Å²) in [5.41, 5.74) is 1.32. The highest BCUT2D eigenvalue weighted by Crippen LogP contribution is 2.28. The molecule has 17 heavy (non-hydrogen) atoms.